The number of fused-ring (bicyclic) bond motifs is 4. The van der Waals surface area contributed by atoms with Crippen LogP contribution >= 0.6 is 0 Å². The Kier molecular flexibility index (Phi) is 5.90. The predicted octanol–water partition coefficient (Wildman–Crippen LogP) is 5.31. The summed E-state index contributed by atoms with van der Waals surface area (Å²) in [6, 6.07) is 9.31. The zero-order valence-corrected chi connectivity index (χ0v) is 20.7. The Bertz CT molecular complexity index is 1550. The van der Waals surface area contributed by atoms with E-state index < -0.39 is 5.82 Å². The van der Waals surface area contributed by atoms with Crippen LogP contribution in [-0.4, -0.2) is 38.7 Å². The first kappa shape index (κ1) is 23.5. The number of nitrogens with one attached hydrogen (secondary N) is 1. The van der Waals surface area contributed by atoms with Gasteiger partial charge in [-0.05, 0) is 88.9 Å². The van der Waals surface area contributed by atoms with Gasteiger partial charge in [-0.1, -0.05) is 6.07 Å². The number of H-pyrrole nitrogens is 1. The van der Waals surface area contributed by atoms with Crippen molar-refractivity contribution in [2.24, 2.45) is 0 Å². The molecule has 0 spiro atoms. The van der Waals surface area contributed by atoms with Crippen LogP contribution in [0.5, 0.6) is 0 Å². The number of hydrogen-bond acceptors (Lipinski definition) is 4. The van der Waals surface area contributed by atoms with Crippen LogP contribution in [0.4, 0.5) is 4.39 Å². The smallest absolute Gasteiger partial charge is 0.199 e. The molecule has 0 saturated carbocycles. The van der Waals surface area contributed by atoms with Gasteiger partial charge in [0.1, 0.15) is 5.65 Å². The maximum atomic E-state index is 16.5. The van der Waals surface area contributed by atoms with Crippen molar-refractivity contribution in [1.29, 1.82) is 5.26 Å². The van der Waals surface area contributed by atoms with Crippen LogP contribution in [0, 0.1) is 17.1 Å². The minimum Gasteiger partial charge on any atom is -0.392 e. The number of aromatic amines is 1. The Labute approximate surface area is 203 Å². The number of nitriles is 1. The highest BCUT2D eigenvalue weighted by atomic mass is 19.1. The number of aromatic nitrogens is 2. The van der Waals surface area contributed by atoms with Crippen molar-refractivity contribution >= 4 is 32.8 Å². The fraction of sp³-hybridized carbons (Fsp3) is 0.429. The molecule has 3 heterocycles. The minimum atomic E-state index is -0.404. The molecule has 7 heteroatoms. The van der Waals surface area contributed by atoms with Crippen LogP contribution in [-0.2, 0) is 6.61 Å². The van der Waals surface area contributed by atoms with Crippen molar-refractivity contribution in [2.45, 2.75) is 65.1 Å². The van der Waals surface area contributed by atoms with E-state index in [1.807, 2.05) is 18.4 Å². The van der Waals surface area contributed by atoms with E-state index in [0.717, 1.165) is 25.9 Å². The highest BCUT2D eigenvalue weighted by Gasteiger charge is 2.30. The number of hydrogen-bond donors (Lipinski definition) is 2. The maximum absolute atomic E-state index is 16.5. The number of rotatable bonds is 4. The molecule has 182 valence electrons. The molecule has 1 aliphatic heterocycles. The third-order valence-electron chi connectivity index (χ3n) is 7.58. The van der Waals surface area contributed by atoms with Gasteiger partial charge in [0, 0.05) is 28.4 Å². The van der Waals surface area contributed by atoms with Gasteiger partial charge in [-0.2, -0.15) is 5.26 Å². The van der Waals surface area contributed by atoms with Gasteiger partial charge in [-0.3, -0.25) is 4.79 Å². The predicted molar refractivity (Wildman–Crippen MR) is 137 cm³/mol. The van der Waals surface area contributed by atoms with Gasteiger partial charge in [0.2, 0.25) is 0 Å². The van der Waals surface area contributed by atoms with E-state index in [9.17, 15) is 15.2 Å². The van der Waals surface area contributed by atoms with Crippen LogP contribution in [0.1, 0.15) is 69.2 Å². The van der Waals surface area contributed by atoms with E-state index in [1.54, 1.807) is 24.3 Å². The summed E-state index contributed by atoms with van der Waals surface area (Å²) in [4.78, 5) is 19.5. The van der Waals surface area contributed by atoms with E-state index in [2.05, 4.69) is 29.8 Å². The van der Waals surface area contributed by atoms with E-state index in [1.165, 1.54) is 0 Å². The number of nitrogens with zero attached hydrogens (tertiary/aromatic N) is 3. The van der Waals surface area contributed by atoms with Crippen LogP contribution in [0.15, 0.2) is 29.1 Å². The SMILES string of the molecule is CC(C)N1CCC(c2c(CO)cc3c(=O)c4c5ccc(C#N)cc5[nH]c4n(C(C)C)c3c2F)CC1. The number of likely N-dealkylation sites (tertiary alicyclic amines) is 1. The number of aliphatic hydroxyl groups is 1. The molecule has 4 aromatic rings. The third-order valence-corrected chi connectivity index (χ3v) is 7.58. The Morgan fingerprint density at radius 3 is 2.46 bits per heavy atom. The zero-order valence-electron chi connectivity index (χ0n) is 20.7. The summed E-state index contributed by atoms with van der Waals surface area (Å²) < 4.78 is 18.4. The molecule has 0 unspecified atom stereocenters. The van der Waals surface area contributed by atoms with Gasteiger partial charge < -0.3 is 19.6 Å². The fourth-order valence-electron chi connectivity index (χ4n) is 5.82. The van der Waals surface area contributed by atoms with Crippen molar-refractivity contribution < 1.29 is 9.50 Å². The van der Waals surface area contributed by atoms with Gasteiger partial charge in [-0.15, -0.1) is 0 Å². The van der Waals surface area contributed by atoms with E-state index in [4.69, 9.17) is 0 Å². The summed E-state index contributed by atoms with van der Waals surface area (Å²) in [5, 5.41) is 21.0. The van der Waals surface area contributed by atoms with Crippen LogP contribution < -0.4 is 5.43 Å². The summed E-state index contributed by atoms with van der Waals surface area (Å²) in [5.41, 5.74) is 2.76. The lowest BCUT2D eigenvalue weighted by Crippen LogP contribution is -2.38. The number of pyridine rings is 1. The second kappa shape index (κ2) is 8.78. The fourth-order valence-corrected chi connectivity index (χ4v) is 5.82. The quantitative estimate of drug-likeness (QED) is 0.420. The lowest BCUT2D eigenvalue weighted by atomic mass is 9.84. The topological polar surface area (TPSA) is 85.1 Å². The summed E-state index contributed by atoms with van der Waals surface area (Å²) in [6.07, 6.45) is 1.62. The molecular formula is C28H31FN4O2. The van der Waals surface area contributed by atoms with Gasteiger partial charge >= 0.3 is 0 Å². The van der Waals surface area contributed by atoms with E-state index >= 15 is 4.39 Å². The van der Waals surface area contributed by atoms with Crippen molar-refractivity contribution in [3.05, 3.63) is 57.0 Å². The van der Waals surface area contributed by atoms with Crippen LogP contribution in [0.2, 0.25) is 0 Å². The van der Waals surface area contributed by atoms with Crippen molar-refractivity contribution in [3.63, 3.8) is 0 Å². The second-order valence-electron chi connectivity index (χ2n) is 10.2. The highest BCUT2D eigenvalue weighted by molar-refractivity contribution is 6.10. The normalized spacial score (nSPS) is 15.7. The molecule has 1 fully saturated rings. The molecule has 0 bridgehead atoms. The third kappa shape index (κ3) is 3.64. The first-order chi connectivity index (χ1) is 16.8. The lowest BCUT2D eigenvalue weighted by Gasteiger charge is -2.35. The number of halogens is 1. The summed E-state index contributed by atoms with van der Waals surface area (Å²) in [6.45, 7) is 9.72. The molecule has 0 atom stereocenters. The largest absolute Gasteiger partial charge is 0.392 e. The number of aliphatic hydroxyl groups excluding tert-OH is 1. The standard InChI is InChI=1S/C28H31FN4O2/c1-15(2)32-9-7-18(8-10-32)23-19(14-34)12-21-26(25(23)29)33(16(3)4)28-24(27(21)35)20-6-5-17(13-30)11-22(20)31-28/h5-6,11-12,15-16,18,31,34H,7-10,14H2,1-4H3. The first-order valence-electron chi connectivity index (χ1n) is 12.4. The van der Waals surface area contributed by atoms with Crippen LogP contribution in [0.25, 0.3) is 32.8 Å². The van der Waals surface area contributed by atoms with Crippen molar-refractivity contribution in [1.82, 2.24) is 14.5 Å². The molecule has 0 amide bonds. The molecule has 1 aliphatic rings. The van der Waals surface area contributed by atoms with Gasteiger partial charge in [0.25, 0.3) is 0 Å². The zero-order chi connectivity index (χ0) is 25.0. The number of piperidine rings is 1. The molecule has 2 aromatic carbocycles. The molecule has 0 radical (unpaired) electrons. The van der Waals surface area contributed by atoms with E-state index in [-0.39, 0.29) is 34.9 Å². The van der Waals surface area contributed by atoms with Gasteiger partial charge in [0.05, 0.1) is 29.1 Å². The Morgan fingerprint density at radius 1 is 1.14 bits per heavy atom. The Balaban J connectivity index is 1.83. The molecule has 2 aromatic heterocycles. The summed E-state index contributed by atoms with van der Waals surface area (Å²) >= 11 is 0. The lowest BCUT2D eigenvalue weighted by molar-refractivity contribution is 0.169. The first-order valence-corrected chi connectivity index (χ1v) is 12.4. The highest BCUT2D eigenvalue weighted by Crippen LogP contribution is 2.38. The average molecular weight is 475 g/mol. The number of benzene rings is 2. The molecule has 5 rings (SSSR count). The molecule has 35 heavy (non-hydrogen) atoms. The molecule has 6 nitrogen and oxygen atoms in total. The Morgan fingerprint density at radius 2 is 1.86 bits per heavy atom. The van der Waals surface area contributed by atoms with Crippen molar-refractivity contribution in [3.8, 4) is 6.07 Å². The average Bonchev–Trinajstić information content (AvgIpc) is 3.22. The maximum Gasteiger partial charge on any atom is 0.199 e. The van der Waals surface area contributed by atoms with E-state index in [0.29, 0.717) is 44.7 Å². The minimum absolute atomic E-state index is 0.0103. The Hall–Kier alpha value is -3.21. The molecule has 0 aliphatic carbocycles. The van der Waals surface area contributed by atoms with Gasteiger partial charge in [-0.25, -0.2) is 4.39 Å². The van der Waals surface area contributed by atoms with Crippen molar-refractivity contribution in [2.75, 3.05) is 13.1 Å². The molecule has 2 N–H and O–H groups in total. The summed E-state index contributed by atoms with van der Waals surface area (Å²) in [5.74, 6) is -0.414. The molecule has 1 saturated heterocycles. The molecular weight excluding hydrogens is 443 g/mol. The monoisotopic (exact) mass is 474 g/mol. The van der Waals surface area contributed by atoms with Gasteiger partial charge in [0.15, 0.2) is 11.2 Å². The van der Waals surface area contributed by atoms with Crippen LogP contribution in [0.3, 0.4) is 0 Å². The summed E-state index contributed by atoms with van der Waals surface area (Å²) in [7, 11) is 0. The second-order valence-corrected chi connectivity index (χ2v) is 10.2.